The van der Waals surface area contributed by atoms with Crippen LogP contribution in [0.1, 0.15) is 31.2 Å². The molecule has 0 saturated carbocycles. The van der Waals surface area contributed by atoms with Crippen LogP contribution in [-0.4, -0.2) is 31.0 Å². The number of allylic oxidation sites excluding steroid dienone is 4. The SMILES string of the molecule is COC(=O)C(CC=O)c1cn(CC2=CC=CC(C)C2)c2cccc(OC)c12. The zero-order chi connectivity index (χ0) is 19.4. The highest BCUT2D eigenvalue weighted by Gasteiger charge is 2.27. The number of methoxy groups -OCH3 is 2. The molecule has 0 spiro atoms. The van der Waals surface area contributed by atoms with E-state index in [1.165, 1.54) is 12.7 Å². The Balaban J connectivity index is 2.13. The lowest BCUT2D eigenvalue weighted by atomic mass is 9.95. The summed E-state index contributed by atoms with van der Waals surface area (Å²) in [5, 5.41) is 0.859. The van der Waals surface area contributed by atoms with E-state index in [9.17, 15) is 9.59 Å². The molecule has 0 fully saturated rings. The number of benzene rings is 1. The van der Waals surface area contributed by atoms with Crippen molar-refractivity contribution in [2.24, 2.45) is 5.92 Å². The van der Waals surface area contributed by atoms with Gasteiger partial charge in [0.2, 0.25) is 0 Å². The molecular weight excluding hydrogens is 342 g/mol. The Morgan fingerprint density at radius 2 is 2.19 bits per heavy atom. The number of carbonyl (C=O) groups is 2. The van der Waals surface area contributed by atoms with E-state index in [0.29, 0.717) is 11.7 Å². The van der Waals surface area contributed by atoms with Crippen LogP contribution in [0.2, 0.25) is 0 Å². The van der Waals surface area contributed by atoms with Gasteiger partial charge >= 0.3 is 5.97 Å². The third-order valence-electron chi connectivity index (χ3n) is 5.04. The van der Waals surface area contributed by atoms with Gasteiger partial charge in [-0.25, -0.2) is 0 Å². The normalized spacial score (nSPS) is 17.4. The summed E-state index contributed by atoms with van der Waals surface area (Å²) in [7, 11) is 2.95. The first-order valence-electron chi connectivity index (χ1n) is 9.12. The van der Waals surface area contributed by atoms with E-state index >= 15 is 0 Å². The van der Waals surface area contributed by atoms with Crippen molar-refractivity contribution in [2.75, 3.05) is 14.2 Å². The van der Waals surface area contributed by atoms with Gasteiger partial charge in [0.25, 0.3) is 0 Å². The molecule has 2 aromatic rings. The number of hydrogen-bond acceptors (Lipinski definition) is 4. The maximum atomic E-state index is 12.3. The number of ether oxygens (including phenoxy) is 2. The molecule has 0 aliphatic heterocycles. The van der Waals surface area contributed by atoms with Crippen LogP contribution in [-0.2, 0) is 20.9 Å². The number of carbonyl (C=O) groups excluding carboxylic acids is 2. The fourth-order valence-corrected chi connectivity index (χ4v) is 3.77. The Morgan fingerprint density at radius 1 is 1.37 bits per heavy atom. The summed E-state index contributed by atoms with van der Waals surface area (Å²) in [5.41, 5.74) is 3.06. The van der Waals surface area contributed by atoms with Crippen LogP contribution in [0.15, 0.2) is 48.2 Å². The van der Waals surface area contributed by atoms with Crippen molar-refractivity contribution >= 4 is 23.2 Å². The minimum atomic E-state index is -0.647. The number of aromatic nitrogens is 1. The van der Waals surface area contributed by atoms with E-state index in [-0.39, 0.29) is 6.42 Å². The Labute approximate surface area is 159 Å². The van der Waals surface area contributed by atoms with Crippen molar-refractivity contribution in [2.45, 2.75) is 32.2 Å². The van der Waals surface area contributed by atoms with Gasteiger partial charge < -0.3 is 18.8 Å². The monoisotopic (exact) mass is 367 g/mol. The van der Waals surface area contributed by atoms with Gasteiger partial charge in [-0.2, -0.15) is 0 Å². The topological polar surface area (TPSA) is 57.5 Å². The molecule has 0 radical (unpaired) electrons. The lowest BCUT2D eigenvalue weighted by molar-refractivity contribution is -0.143. The summed E-state index contributed by atoms with van der Waals surface area (Å²) >= 11 is 0. The summed E-state index contributed by atoms with van der Waals surface area (Å²) in [6.45, 7) is 2.93. The van der Waals surface area contributed by atoms with Crippen LogP contribution in [0.25, 0.3) is 10.9 Å². The standard InChI is InChI=1S/C22H25NO4/c1-15-6-4-7-16(12-15)13-23-14-18(17(10-11-24)22(25)27-3)21-19(23)8-5-9-20(21)26-2/h4-9,11,14-15,17H,10,12-13H2,1-3H3. The predicted molar refractivity (Wildman–Crippen MR) is 105 cm³/mol. The Hall–Kier alpha value is -2.82. The minimum absolute atomic E-state index is 0.0757. The van der Waals surface area contributed by atoms with Crippen LogP contribution in [0.4, 0.5) is 0 Å². The molecule has 1 aliphatic rings. The lowest BCUT2D eigenvalue weighted by Crippen LogP contribution is -2.15. The molecule has 1 heterocycles. The molecule has 0 N–H and O–H groups in total. The zero-order valence-corrected chi connectivity index (χ0v) is 16.0. The second kappa shape index (κ2) is 8.25. The number of aldehydes is 1. The molecular formula is C22H25NO4. The second-order valence-electron chi connectivity index (χ2n) is 6.94. The fraction of sp³-hybridized carbons (Fsp3) is 0.364. The molecule has 1 aliphatic carbocycles. The first-order chi connectivity index (χ1) is 13.1. The predicted octanol–water partition coefficient (Wildman–Crippen LogP) is 4.02. The molecule has 0 bridgehead atoms. The first kappa shape index (κ1) is 19.0. The van der Waals surface area contributed by atoms with Gasteiger partial charge in [0.1, 0.15) is 12.0 Å². The molecule has 0 saturated heterocycles. The Morgan fingerprint density at radius 3 is 2.85 bits per heavy atom. The quantitative estimate of drug-likeness (QED) is 0.548. The molecule has 3 rings (SSSR count). The van der Waals surface area contributed by atoms with Gasteiger partial charge in [0.05, 0.1) is 25.7 Å². The number of nitrogens with zero attached hydrogens (tertiary/aromatic N) is 1. The third-order valence-corrected chi connectivity index (χ3v) is 5.04. The van der Waals surface area contributed by atoms with E-state index in [0.717, 1.165) is 35.7 Å². The summed E-state index contributed by atoms with van der Waals surface area (Å²) in [6, 6.07) is 5.82. The highest BCUT2D eigenvalue weighted by molar-refractivity contribution is 5.95. The first-order valence-corrected chi connectivity index (χ1v) is 9.12. The Kier molecular flexibility index (Phi) is 5.79. The van der Waals surface area contributed by atoms with Crippen LogP contribution >= 0.6 is 0 Å². The van der Waals surface area contributed by atoms with Gasteiger partial charge in [-0.15, -0.1) is 0 Å². The number of esters is 1. The van der Waals surface area contributed by atoms with Crippen molar-refractivity contribution in [1.82, 2.24) is 4.57 Å². The average Bonchev–Trinajstić information content (AvgIpc) is 3.04. The molecule has 5 nitrogen and oxygen atoms in total. The van der Waals surface area contributed by atoms with E-state index in [4.69, 9.17) is 9.47 Å². The largest absolute Gasteiger partial charge is 0.496 e. The van der Waals surface area contributed by atoms with Gasteiger partial charge in [-0.05, 0) is 30.0 Å². The molecule has 2 atom stereocenters. The van der Waals surface area contributed by atoms with Gasteiger partial charge in [-0.1, -0.05) is 36.8 Å². The van der Waals surface area contributed by atoms with Gasteiger partial charge in [-0.3, -0.25) is 4.79 Å². The maximum absolute atomic E-state index is 12.3. The average molecular weight is 367 g/mol. The van der Waals surface area contributed by atoms with Crippen molar-refractivity contribution in [3.05, 3.63) is 53.8 Å². The highest BCUT2D eigenvalue weighted by atomic mass is 16.5. The zero-order valence-electron chi connectivity index (χ0n) is 16.0. The summed E-state index contributed by atoms with van der Waals surface area (Å²) < 4.78 is 12.6. The highest BCUT2D eigenvalue weighted by Crippen LogP contribution is 2.37. The lowest BCUT2D eigenvalue weighted by Gasteiger charge is -2.16. The van der Waals surface area contributed by atoms with Crippen molar-refractivity contribution in [3.63, 3.8) is 0 Å². The summed E-state index contributed by atoms with van der Waals surface area (Å²) in [5.74, 6) is 0.137. The fourth-order valence-electron chi connectivity index (χ4n) is 3.77. The molecule has 142 valence electrons. The maximum Gasteiger partial charge on any atom is 0.313 e. The third kappa shape index (κ3) is 3.82. The number of fused-ring (bicyclic) bond motifs is 1. The molecule has 2 unspecified atom stereocenters. The van der Waals surface area contributed by atoms with Crippen LogP contribution in [0.5, 0.6) is 5.75 Å². The molecule has 27 heavy (non-hydrogen) atoms. The van der Waals surface area contributed by atoms with E-state index in [1.54, 1.807) is 7.11 Å². The second-order valence-corrected chi connectivity index (χ2v) is 6.94. The van der Waals surface area contributed by atoms with E-state index in [2.05, 4.69) is 29.7 Å². The van der Waals surface area contributed by atoms with Crippen LogP contribution in [0.3, 0.4) is 0 Å². The van der Waals surface area contributed by atoms with Gasteiger partial charge in [0.15, 0.2) is 0 Å². The van der Waals surface area contributed by atoms with Crippen molar-refractivity contribution in [1.29, 1.82) is 0 Å². The Bertz CT molecular complexity index is 906. The van der Waals surface area contributed by atoms with E-state index < -0.39 is 11.9 Å². The molecule has 1 aromatic heterocycles. The molecule has 1 aromatic carbocycles. The molecule has 0 amide bonds. The smallest absolute Gasteiger partial charge is 0.313 e. The van der Waals surface area contributed by atoms with Crippen molar-refractivity contribution < 1.29 is 19.1 Å². The number of hydrogen-bond donors (Lipinski definition) is 0. The van der Waals surface area contributed by atoms with E-state index in [1.807, 2.05) is 24.4 Å². The summed E-state index contributed by atoms with van der Waals surface area (Å²) in [4.78, 5) is 23.5. The van der Waals surface area contributed by atoms with Crippen LogP contribution in [0, 0.1) is 5.92 Å². The number of rotatable bonds is 7. The van der Waals surface area contributed by atoms with Crippen molar-refractivity contribution in [3.8, 4) is 5.75 Å². The molecule has 5 heteroatoms. The van der Waals surface area contributed by atoms with Crippen LogP contribution < -0.4 is 4.74 Å². The van der Waals surface area contributed by atoms with Gasteiger partial charge in [0, 0.05) is 24.5 Å². The summed E-state index contributed by atoms with van der Waals surface area (Å²) in [6.07, 6.45) is 10.2. The minimum Gasteiger partial charge on any atom is -0.496 e.